The van der Waals surface area contributed by atoms with Gasteiger partial charge in [0.15, 0.2) is 5.76 Å². The molecular formula is C19H17ClN2O2. The lowest BCUT2D eigenvalue weighted by atomic mass is 9.88. The molecule has 0 aliphatic rings. The summed E-state index contributed by atoms with van der Waals surface area (Å²) in [5.41, 5.74) is 2.10. The number of aromatic nitrogens is 1. The molecule has 1 unspecified atom stereocenters. The third kappa shape index (κ3) is 4.24. The highest BCUT2D eigenvalue weighted by Crippen LogP contribution is 2.29. The minimum atomic E-state index is -0.0559. The van der Waals surface area contributed by atoms with Gasteiger partial charge in [-0.2, -0.15) is 0 Å². The fourth-order valence-electron chi connectivity index (χ4n) is 2.61. The van der Waals surface area contributed by atoms with Crippen molar-refractivity contribution >= 4 is 17.5 Å². The molecule has 0 fully saturated rings. The van der Waals surface area contributed by atoms with Crippen molar-refractivity contribution in [3.8, 4) is 0 Å². The van der Waals surface area contributed by atoms with Crippen molar-refractivity contribution in [1.29, 1.82) is 0 Å². The van der Waals surface area contributed by atoms with Crippen molar-refractivity contribution in [2.45, 2.75) is 18.9 Å². The van der Waals surface area contributed by atoms with E-state index in [1.165, 1.54) is 0 Å². The maximum atomic E-state index is 12.4. The van der Waals surface area contributed by atoms with Crippen LogP contribution in [0.4, 0.5) is 0 Å². The largest absolute Gasteiger partial charge is 0.360 e. The number of halogens is 1. The number of nitrogens with zero attached hydrogens (tertiary/aromatic N) is 1. The van der Waals surface area contributed by atoms with Crippen molar-refractivity contribution in [2.75, 3.05) is 0 Å². The molecule has 0 aliphatic carbocycles. The average molecular weight is 341 g/mol. The minimum Gasteiger partial charge on any atom is -0.360 e. The normalized spacial score (nSPS) is 11.9. The Balaban J connectivity index is 1.76. The molecule has 0 saturated heterocycles. The predicted molar refractivity (Wildman–Crippen MR) is 92.7 cm³/mol. The highest BCUT2D eigenvalue weighted by Gasteiger charge is 2.18. The molecule has 4 nitrogen and oxygen atoms in total. The predicted octanol–water partition coefficient (Wildman–Crippen LogP) is 4.17. The molecule has 0 radical (unpaired) electrons. The fourth-order valence-corrected chi connectivity index (χ4v) is 2.81. The van der Waals surface area contributed by atoms with Crippen LogP contribution in [0.5, 0.6) is 0 Å². The smallest absolute Gasteiger partial charge is 0.221 e. The van der Waals surface area contributed by atoms with Crippen molar-refractivity contribution in [3.05, 3.63) is 88.8 Å². The van der Waals surface area contributed by atoms with Gasteiger partial charge in [-0.25, -0.2) is 0 Å². The van der Waals surface area contributed by atoms with Crippen LogP contribution in [-0.4, -0.2) is 11.1 Å². The van der Waals surface area contributed by atoms with E-state index in [4.69, 9.17) is 16.1 Å². The van der Waals surface area contributed by atoms with E-state index in [-0.39, 0.29) is 11.8 Å². The van der Waals surface area contributed by atoms with Crippen LogP contribution >= 0.6 is 11.6 Å². The molecule has 0 spiro atoms. The quantitative estimate of drug-likeness (QED) is 0.732. The van der Waals surface area contributed by atoms with Gasteiger partial charge in [-0.05, 0) is 23.3 Å². The lowest BCUT2D eigenvalue weighted by Crippen LogP contribution is -2.24. The highest BCUT2D eigenvalue weighted by atomic mass is 35.5. The number of hydrogen-bond donors (Lipinski definition) is 1. The summed E-state index contributed by atoms with van der Waals surface area (Å²) in [5, 5.41) is 7.15. The van der Waals surface area contributed by atoms with Crippen molar-refractivity contribution < 1.29 is 9.32 Å². The number of rotatable bonds is 6. The summed E-state index contributed by atoms with van der Waals surface area (Å²) in [7, 11) is 0. The summed E-state index contributed by atoms with van der Waals surface area (Å²) in [5.74, 6) is 0.516. The lowest BCUT2D eigenvalue weighted by Gasteiger charge is -2.18. The molecule has 0 bridgehead atoms. The zero-order chi connectivity index (χ0) is 16.8. The molecule has 24 heavy (non-hydrogen) atoms. The van der Waals surface area contributed by atoms with E-state index in [9.17, 15) is 4.79 Å². The second kappa shape index (κ2) is 7.79. The SMILES string of the molecule is O=C(CC(c1ccccc1)c1cccc(Cl)c1)NCc1ccno1. The second-order valence-corrected chi connectivity index (χ2v) is 5.91. The Kier molecular flexibility index (Phi) is 5.29. The first-order valence-corrected chi connectivity index (χ1v) is 8.07. The third-order valence-corrected chi connectivity index (χ3v) is 4.03. The Morgan fingerprint density at radius 2 is 1.88 bits per heavy atom. The van der Waals surface area contributed by atoms with E-state index in [0.29, 0.717) is 23.7 Å². The summed E-state index contributed by atoms with van der Waals surface area (Å²) >= 11 is 6.12. The van der Waals surface area contributed by atoms with Gasteiger partial charge in [0.05, 0.1) is 12.7 Å². The Morgan fingerprint density at radius 3 is 2.58 bits per heavy atom. The molecular weight excluding hydrogens is 324 g/mol. The number of nitrogens with one attached hydrogen (secondary N) is 1. The molecule has 0 aliphatic heterocycles. The topological polar surface area (TPSA) is 55.1 Å². The molecule has 122 valence electrons. The number of amides is 1. The second-order valence-electron chi connectivity index (χ2n) is 5.48. The van der Waals surface area contributed by atoms with E-state index in [1.807, 2.05) is 54.6 Å². The summed E-state index contributed by atoms with van der Waals surface area (Å²) < 4.78 is 4.99. The summed E-state index contributed by atoms with van der Waals surface area (Å²) in [6.45, 7) is 0.329. The number of benzene rings is 2. The molecule has 5 heteroatoms. The fraction of sp³-hybridized carbons (Fsp3) is 0.158. The maximum Gasteiger partial charge on any atom is 0.221 e. The van der Waals surface area contributed by atoms with Crippen LogP contribution in [0, 0.1) is 0 Å². The van der Waals surface area contributed by atoms with Crippen LogP contribution < -0.4 is 5.32 Å². The van der Waals surface area contributed by atoms with Gasteiger partial charge >= 0.3 is 0 Å². The van der Waals surface area contributed by atoms with E-state index in [2.05, 4.69) is 10.5 Å². The standard InChI is InChI=1S/C19H17ClN2O2/c20-16-8-4-7-15(11-16)18(14-5-2-1-3-6-14)12-19(23)21-13-17-9-10-22-24-17/h1-11,18H,12-13H2,(H,21,23). The molecule has 1 amide bonds. The van der Waals surface area contributed by atoms with Crippen LogP contribution in [0.1, 0.15) is 29.2 Å². The van der Waals surface area contributed by atoms with Gasteiger partial charge in [-0.15, -0.1) is 0 Å². The van der Waals surface area contributed by atoms with Gasteiger partial charge in [-0.1, -0.05) is 59.2 Å². The first kappa shape index (κ1) is 16.3. The first-order chi connectivity index (χ1) is 11.7. The molecule has 3 rings (SSSR count). The summed E-state index contributed by atoms with van der Waals surface area (Å²) in [6.07, 6.45) is 1.89. The van der Waals surface area contributed by atoms with Gasteiger partial charge in [-0.3, -0.25) is 4.79 Å². The Hall–Kier alpha value is -2.59. The zero-order valence-electron chi connectivity index (χ0n) is 13.0. The monoisotopic (exact) mass is 340 g/mol. The van der Waals surface area contributed by atoms with E-state index >= 15 is 0 Å². The highest BCUT2D eigenvalue weighted by molar-refractivity contribution is 6.30. The van der Waals surface area contributed by atoms with Crippen molar-refractivity contribution in [1.82, 2.24) is 10.5 Å². The van der Waals surface area contributed by atoms with Gasteiger partial charge in [0.1, 0.15) is 0 Å². The molecule has 1 atom stereocenters. The maximum absolute atomic E-state index is 12.4. The van der Waals surface area contributed by atoms with Crippen molar-refractivity contribution in [3.63, 3.8) is 0 Å². The van der Waals surface area contributed by atoms with Gasteiger partial charge in [0.2, 0.25) is 5.91 Å². The summed E-state index contributed by atoms with van der Waals surface area (Å²) in [6, 6.07) is 19.3. The Bertz CT molecular complexity index is 788. The van der Waals surface area contributed by atoms with Crippen LogP contribution in [0.2, 0.25) is 5.02 Å². The molecule has 3 aromatic rings. The Labute approximate surface area is 145 Å². The van der Waals surface area contributed by atoms with Crippen LogP contribution in [0.25, 0.3) is 0 Å². The number of carbonyl (C=O) groups is 1. The van der Waals surface area contributed by atoms with Gasteiger partial charge in [0, 0.05) is 23.4 Å². The molecule has 2 aromatic carbocycles. The van der Waals surface area contributed by atoms with Crippen LogP contribution in [0.15, 0.2) is 71.4 Å². The minimum absolute atomic E-state index is 0.0553. The Morgan fingerprint density at radius 1 is 1.08 bits per heavy atom. The summed E-state index contributed by atoms with van der Waals surface area (Å²) in [4.78, 5) is 12.4. The lowest BCUT2D eigenvalue weighted by molar-refractivity contribution is -0.121. The van der Waals surface area contributed by atoms with E-state index in [0.717, 1.165) is 11.1 Å². The van der Waals surface area contributed by atoms with E-state index in [1.54, 1.807) is 12.3 Å². The van der Waals surface area contributed by atoms with Gasteiger partial charge < -0.3 is 9.84 Å². The average Bonchev–Trinajstić information content (AvgIpc) is 3.12. The van der Waals surface area contributed by atoms with E-state index < -0.39 is 0 Å². The molecule has 1 N–H and O–H groups in total. The van der Waals surface area contributed by atoms with Crippen molar-refractivity contribution in [2.24, 2.45) is 0 Å². The number of hydrogen-bond acceptors (Lipinski definition) is 3. The molecule has 1 heterocycles. The third-order valence-electron chi connectivity index (χ3n) is 3.79. The first-order valence-electron chi connectivity index (χ1n) is 7.69. The zero-order valence-corrected chi connectivity index (χ0v) is 13.7. The number of carbonyl (C=O) groups excluding carboxylic acids is 1. The van der Waals surface area contributed by atoms with Crippen LogP contribution in [0.3, 0.4) is 0 Å². The van der Waals surface area contributed by atoms with Crippen LogP contribution in [-0.2, 0) is 11.3 Å². The van der Waals surface area contributed by atoms with Gasteiger partial charge in [0.25, 0.3) is 0 Å². The molecule has 0 saturated carbocycles. The molecule has 1 aromatic heterocycles.